The molecule has 1 aromatic heterocycles. The Bertz CT molecular complexity index is 758. The van der Waals surface area contributed by atoms with Crippen LogP contribution >= 0.6 is 0 Å². The number of furan rings is 1. The Kier molecular flexibility index (Phi) is 5.32. The molecule has 2 aromatic rings. The Balaban J connectivity index is 1.96. The van der Waals surface area contributed by atoms with Gasteiger partial charge in [0, 0.05) is 16.5 Å². The highest BCUT2D eigenvalue weighted by Gasteiger charge is 2.19. The van der Waals surface area contributed by atoms with Crippen LogP contribution in [0.2, 0.25) is 0 Å². The molecule has 5 nitrogen and oxygen atoms in total. The van der Waals surface area contributed by atoms with Gasteiger partial charge in [-0.2, -0.15) is 0 Å². The van der Waals surface area contributed by atoms with Gasteiger partial charge in [0.2, 0.25) is 0 Å². The summed E-state index contributed by atoms with van der Waals surface area (Å²) in [5.74, 6) is -0.737. The maximum atomic E-state index is 12.0. The zero-order chi connectivity index (χ0) is 17.9. The van der Waals surface area contributed by atoms with Crippen molar-refractivity contribution in [1.29, 1.82) is 0 Å². The van der Waals surface area contributed by atoms with Crippen molar-refractivity contribution in [2.24, 2.45) is 0 Å². The van der Waals surface area contributed by atoms with Crippen LogP contribution in [0.3, 0.4) is 0 Å². The van der Waals surface area contributed by atoms with Gasteiger partial charge in [0.25, 0.3) is 5.91 Å². The summed E-state index contributed by atoms with van der Waals surface area (Å²) >= 11 is 0. The summed E-state index contributed by atoms with van der Waals surface area (Å²) in [4.78, 5) is 23.8. The fourth-order valence-corrected chi connectivity index (χ4v) is 2.33. The second-order valence-corrected chi connectivity index (χ2v) is 6.82. The molecule has 0 radical (unpaired) electrons. The first-order valence-corrected chi connectivity index (χ1v) is 8.16. The molecule has 1 aromatic carbocycles. The molecule has 2 rings (SSSR count). The van der Waals surface area contributed by atoms with Gasteiger partial charge < -0.3 is 14.5 Å². The van der Waals surface area contributed by atoms with Gasteiger partial charge in [-0.25, -0.2) is 0 Å². The highest BCUT2D eigenvalue weighted by atomic mass is 16.5. The first-order chi connectivity index (χ1) is 11.2. The molecule has 1 heterocycles. The van der Waals surface area contributed by atoms with Crippen LogP contribution in [0.15, 0.2) is 22.8 Å². The average molecular weight is 331 g/mol. The topological polar surface area (TPSA) is 68.5 Å². The van der Waals surface area contributed by atoms with Crippen LogP contribution < -0.4 is 5.32 Å². The van der Waals surface area contributed by atoms with Crippen LogP contribution in [0.1, 0.15) is 43.9 Å². The lowest BCUT2D eigenvalue weighted by Crippen LogP contribution is -2.44. The predicted octanol–water partition coefficient (Wildman–Crippen LogP) is 3.44. The number of ether oxygens (including phenoxy) is 1. The fourth-order valence-electron chi connectivity index (χ4n) is 2.33. The summed E-state index contributed by atoms with van der Waals surface area (Å²) in [6.45, 7) is 9.60. The van der Waals surface area contributed by atoms with Gasteiger partial charge in [-0.05, 0) is 57.4 Å². The Hall–Kier alpha value is -2.30. The summed E-state index contributed by atoms with van der Waals surface area (Å²) in [6.07, 6.45) is 2.46. The number of aryl methyl sites for hydroxylation is 2. The summed E-state index contributed by atoms with van der Waals surface area (Å²) in [5.41, 5.74) is 3.50. The molecule has 0 aliphatic rings. The van der Waals surface area contributed by atoms with Crippen LogP contribution in [-0.2, 0) is 20.7 Å². The maximum Gasteiger partial charge on any atom is 0.310 e. The molecule has 5 heteroatoms. The minimum absolute atomic E-state index is 0.0833. The smallest absolute Gasteiger partial charge is 0.310 e. The lowest BCUT2D eigenvalue weighted by atomic mass is 10.0. The zero-order valence-electron chi connectivity index (χ0n) is 15.0. The molecular weight excluding hydrogens is 306 g/mol. The van der Waals surface area contributed by atoms with Gasteiger partial charge in [0.1, 0.15) is 5.58 Å². The fraction of sp³-hybridized carbons (Fsp3) is 0.474. The van der Waals surface area contributed by atoms with Gasteiger partial charge in [-0.15, -0.1) is 0 Å². The molecule has 24 heavy (non-hydrogen) atoms. The number of amides is 1. The van der Waals surface area contributed by atoms with Crippen molar-refractivity contribution in [3.05, 3.63) is 35.1 Å². The lowest BCUT2D eigenvalue weighted by molar-refractivity contribution is -0.148. The number of fused-ring (bicyclic) bond motifs is 1. The van der Waals surface area contributed by atoms with Gasteiger partial charge in [-0.1, -0.05) is 6.92 Å². The third kappa shape index (κ3) is 4.37. The summed E-state index contributed by atoms with van der Waals surface area (Å²) in [5, 5.41) is 3.74. The van der Waals surface area contributed by atoms with Crippen LogP contribution in [-0.4, -0.2) is 24.0 Å². The van der Waals surface area contributed by atoms with Crippen molar-refractivity contribution in [2.75, 3.05) is 6.61 Å². The molecule has 1 amide bonds. The molecule has 0 saturated heterocycles. The maximum absolute atomic E-state index is 12.0. The van der Waals surface area contributed by atoms with Crippen molar-refractivity contribution in [1.82, 2.24) is 5.32 Å². The third-order valence-electron chi connectivity index (χ3n) is 4.33. The SMILES string of the molecule is CCC(C)(C)NC(=O)COC(=O)Cc1coc2cc(C)c(C)cc12. The largest absolute Gasteiger partial charge is 0.464 e. The lowest BCUT2D eigenvalue weighted by Gasteiger charge is -2.24. The Morgan fingerprint density at radius 1 is 1.21 bits per heavy atom. The van der Waals surface area contributed by atoms with Crippen LogP contribution in [0.4, 0.5) is 0 Å². The van der Waals surface area contributed by atoms with E-state index in [0.29, 0.717) is 0 Å². The van der Waals surface area contributed by atoms with Gasteiger partial charge in [0.15, 0.2) is 6.61 Å². The van der Waals surface area contributed by atoms with Gasteiger partial charge in [-0.3, -0.25) is 9.59 Å². The Morgan fingerprint density at radius 3 is 2.54 bits per heavy atom. The second kappa shape index (κ2) is 7.07. The highest BCUT2D eigenvalue weighted by Crippen LogP contribution is 2.25. The van der Waals surface area contributed by atoms with E-state index in [4.69, 9.17) is 9.15 Å². The van der Waals surface area contributed by atoms with Crippen molar-refractivity contribution in [3.63, 3.8) is 0 Å². The molecule has 0 aliphatic heterocycles. The third-order valence-corrected chi connectivity index (χ3v) is 4.33. The number of nitrogens with one attached hydrogen (secondary N) is 1. The van der Waals surface area contributed by atoms with Crippen molar-refractivity contribution in [3.8, 4) is 0 Å². The Morgan fingerprint density at radius 2 is 1.88 bits per heavy atom. The van der Waals surface area contributed by atoms with E-state index >= 15 is 0 Å². The number of benzene rings is 1. The van der Waals surface area contributed by atoms with E-state index in [0.717, 1.165) is 34.1 Å². The van der Waals surface area contributed by atoms with E-state index in [1.807, 2.05) is 46.8 Å². The summed E-state index contributed by atoms with van der Waals surface area (Å²) in [7, 11) is 0. The molecule has 1 N–H and O–H groups in total. The van der Waals surface area contributed by atoms with Crippen LogP contribution in [0.25, 0.3) is 11.0 Å². The minimum Gasteiger partial charge on any atom is -0.464 e. The molecule has 0 fully saturated rings. The van der Waals surface area contributed by atoms with Gasteiger partial charge in [0.05, 0.1) is 12.7 Å². The van der Waals surface area contributed by atoms with Crippen molar-refractivity contribution in [2.45, 2.75) is 53.0 Å². The summed E-state index contributed by atoms with van der Waals surface area (Å²) < 4.78 is 10.6. The molecule has 0 aliphatic carbocycles. The predicted molar refractivity (Wildman–Crippen MR) is 92.9 cm³/mol. The first kappa shape index (κ1) is 18.0. The first-order valence-electron chi connectivity index (χ1n) is 8.16. The standard InChI is InChI=1S/C19H25NO4/c1-6-19(4,5)20-17(21)11-24-18(22)9-14-10-23-16-8-13(3)12(2)7-15(14)16/h7-8,10H,6,9,11H2,1-5H3,(H,20,21). The molecule has 130 valence electrons. The van der Waals surface area contributed by atoms with E-state index in [1.165, 1.54) is 0 Å². The number of carbonyl (C=O) groups is 2. The number of esters is 1. The normalized spacial score (nSPS) is 11.5. The van der Waals surface area contributed by atoms with E-state index in [9.17, 15) is 9.59 Å². The molecule has 0 unspecified atom stereocenters. The van der Waals surface area contributed by atoms with Crippen LogP contribution in [0, 0.1) is 13.8 Å². The molecule has 0 atom stereocenters. The zero-order valence-corrected chi connectivity index (χ0v) is 15.0. The highest BCUT2D eigenvalue weighted by molar-refractivity contribution is 5.87. The number of rotatable bonds is 6. The van der Waals surface area contributed by atoms with E-state index in [2.05, 4.69) is 5.32 Å². The molecule has 0 bridgehead atoms. The van der Waals surface area contributed by atoms with E-state index < -0.39 is 5.97 Å². The number of hydrogen-bond donors (Lipinski definition) is 1. The van der Waals surface area contributed by atoms with Crippen LogP contribution in [0.5, 0.6) is 0 Å². The summed E-state index contributed by atoms with van der Waals surface area (Å²) in [6, 6.07) is 3.97. The average Bonchev–Trinajstić information content (AvgIpc) is 2.87. The second-order valence-electron chi connectivity index (χ2n) is 6.82. The number of hydrogen-bond acceptors (Lipinski definition) is 4. The monoisotopic (exact) mass is 331 g/mol. The minimum atomic E-state index is -0.444. The van der Waals surface area contributed by atoms with Gasteiger partial charge >= 0.3 is 5.97 Å². The van der Waals surface area contributed by atoms with E-state index in [1.54, 1.807) is 6.26 Å². The van der Waals surface area contributed by atoms with E-state index in [-0.39, 0.29) is 24.5 Å². The van der Waals surface area contributed by atoms with Crippen molar-refractivity contribution < 1.29 is 18.7 Å². The Labute approximate surface area is 142 Å². The number of carbonyl (C=O) groups excluding carboxylic acids is 2. The molecular formula is C19H25NO4. The molecule has 0 spiro atoms. The quantitative estimate of drug-likeness (QED) is 0.823. The van der Waals surface area contributed by atoms with Crippen molar-refractivity contribution >= 4 is 22.8 Å². The molecule has 0 saturated carbocycles.